The molecule has 1 N–H and O–H groups in total. The molecular weight excluding hydrogens is 178 g/mol. The monoisotopic (exact) mass is 187 g/mol. The Labute approximate surface area is 76.9 Å². The lowest BCUT2D eigenvalue weighted by atomic mass is 10.1. The van der Waals surface area contributed by atoms with E-state index < -0.39 is 5.97 Å². The number of hydrogen-bond donors (Lipinski definition) is 1. The van der Waals surface area contributed by atoms with Gasteiger partial charge in [-0.2, -0.15) is 0 Å². The first kappa shape index (κ1) is 10.9. The molecule has 1 aromatic rings. The summed E-state index contributed by atoms with van der Waals surface area (Å²) in [7, 11) is 0. The van der Waals surface area contributed by atoms with Crippen molar-refractivity contribution < 1.29 is 9.90 Å². The van der Waals surface area contributed by atoms with Crippen LogP contribution in [0.2, 0.25) is 0 Å². The van der Waals surface area contributed by atoms with Crippen LogP contribution in [0.5, 0.6) is 0 Å². The topological polar surface area (TPSA) is 50.2 Å². The SMILES string of the molecule is CCc1cccnc1C(=O)O.Cl. The summed E-state index contributed by atoms with van der Waals surface area (Å²) in [5.41, 5.74) is 0.940. The van der Waals surface area contributed by atoms with E-state index >= 15 is 0 Å². The van der Waals surface area contributed by atoms with Crippen LogP contribution in [0, 0.1) is 0 Å². The molecule has 3 nitrogen and oxygen atoms in total. The number of aryl methyl sites for hydroxylation is 1. The van der Waals surface area contributed by atoms with Gasteiger partial charge < -0.3 is 5.11 Å². The van der Waals surface area contributed by atoms with Gasteiger partial charge in [0.2, 0.25) is 0 Å². The van der Waals surface area contributed by atoms with E-state index in [4.69, 9.17) is 5.11 Å². The molecule has 0 saturated carbocycles. The number of carboxylic acid groups (broad SMARTS) is 1. The van der Waals surface area contributed by atoms with E-state index in [1.54, 1.807) is 12.1 Å². The van der Waals surface area contributed by atoms with Gasteiger partial charge in [0.25, 0.3) is 0 Å². The van der Waals surface area contributed by atoms with Crippen molar-refractivity contribution in [2.75, 3.05) is 0 Å². The maximum atomic E-state index is 10.5. The predicted molar refractivity (Wildman–Crippen MR) is 47.8 cm³/mol. The number of hydrogen-bond acceptors (Lipinski definition) is 2. The highest BCUT2D eigenvalue weighted by atomic mass is 35.5. The molecule has 0 atom stereocenters. The fourth-order valence-electron chi connectivity index (χ4n) is 0.916. The summed E-state index contributed by atoms with van der Waals surface area (Å²) in [6, 6.07) is 3.52. The molecule has 1 aromatic heterocycles. The second kappa shape index (κ2) is 4.72. The summed E-state index contributed by atoms with van der Waals surface area (Å²) < 4.78 is 0. The van der Waals surface area contributed by atoms with Crippen molar-refractivity contribution in [2.24, 2.45) is 0 Å². The third-order valence-corrected chi connectivity index (χ3v) is 1.47. The highest BCUT2D eigenvalue weighted by Gasteiger charge is 2.07. The van der Waals surface area contributed by atoms with Crippen molar-refractivity contribution in [3.05, 3.63) is 29.6 Å². The molecule has 0 aliphatic rings. The zero-order chi connectivity index (χ0) is 8.27. The minimum absolute atomic E-state index is 0. The molecule has 0 fully saturated rings. The maximum Gasteiger partial charge on any atom is 0.354 e. The van der Waals surface area contributed by atoms with Gasteiger partial charge in [-0.25, -0.2) is 9.78 Å². The van der Waals surface area contributed by atoms with E-state index in [1.807, 2.05) is 6.92 Å². The lowest BCUT2D eigenvalue weighted by Crippen LogP contribution is -2.04. The first-order valence-electron chi connectivity index (χ1n) is 3.43. The first-order valence-corrected chi connectivity index (χ1v) is 3.43. The molecule has 0 spiro atoms. The van der Waals surface area contributed by atoms with Crippen molar-refractivity contribution in [3.63, 3.8) is 0 Å². The fourth-order valence-corrected chi connectivity index (χ4v) is 0.916. The zero-order valence-electron chi connectivity index (χ0n) is 6.65. The van der Waals surface area contributed by atoms with E-state index in [2.05, 4.69) is 4.98 Å². The van der Waals surface area contributed by atoms with Crippen molar-refractivity contribution in [1.29, 1.82) is 0 Å². The molecular formula is C8H10ClNO2. The van der Waals surface area contributed by atoms with Gasteiger partial charge in [0, 0.05) is 6.20 Å². The van der Waals surface area contributed by atoms with E-state index in [0.29, 0.717) is 6.42 Å². The van der Waals surface area contributed by atoms with Crippen LogP contribution in [0.1, 0.15) is 23.0 Å². The number of aromatic carboxylic acids is 1. The highest BCUT2D eigenvalue weighted by molar-refractivity contribution is 5.86. The molecule has 0 bridgehead atoms. The summed E-state index contributed by atoms with van der Waals surface area (Å²) in [6.07, 6.45) is 2.19. The molecule has 0 aliphatic carbocycles. The van der Waals surface area contributed by atoms with Crippen molar-refractivity contribution in [1.82, 2.24) is 4.98 Å². The number of nitrogens with zero attached hydrogens (tertiary/aromatic N) is 1. The van der Waals surface area contributed by atoms with Gasteiger partial charge in [-0.05, 0) is 18.1 Å². The normalized spacial score (nSPS) is 8.75. The molecule has 0 aromatic carbocycles. The molecule has 0 radical (unpaired) electrons. The second-order valence-electron chi connectivity index (χ2n) is 2.17. The average Bonchev–Trinajstić information content (AvgIpc) is 2.04. The number of aromatic nitrogens is 1. The van der Waals surface area contributed by atoms with Crippen LogP contribution >= 0.6 is 12.4 Å². The van der Waals surface area contributed by atoms with Crippen LogP contribution in [-0.4, -0.2) is 16.1 Å². The van der Waals surface area contributed by atoms with Gasteiger partial charge >= 0.3 is 5.97 Å². The van der Waals surface area contributed by atoms with Crippen LogP contribution in [0.3, 0.4) is 0 Å². The van der Waals surface area contributed by atoms with Gasteiger partial charge in [-0.3, -0.25) is 0 Å². The van der Waals surface area contributed by atoms with E-state index in [-0.39, 0.29) is 18.1 Å². The second-order valence-corrected chi connectivity index (χ2v) is 2.17. The summed E-state index contributed by atoms with van der Waals surface area (Å²) >= 11 is 0. The molecule has 12 heavy (non-hydrogen) atoms. The lowest BCUT2D eigenvalue weighted by Gasteiger charge is -1.99. The van der Waals surface area contributed by atoms with Crippen LogP contribution in [0.4, 0.5) is 0 Å². The smallest absolute Gasteiger partial charge is 0.354 e. The highest BCUT2D eigenvalue weighted by Crippen LogP contribution is 2.04. The van der Waals surface area contributed by atoms with E-state index in [1.165, 1.54) is 6.20 Å². The summed E-state index contributed by atoms with van der Waals surface area (Å²) in [5, 5.41) is 8.63. The van der Waals surface area contributed by atoms with Gasteiger partial charge in [-0.1, -0.05) is 13.0 Å². The van der Waals surface area contributed by atoms with Crippen molar-refractivity contribution in [2.45, 2.75) is 13.3 Å². The van der Waals surface area contributed by atoms with Crippen LogP contribution in [-0.2, 0) is 6.42 Å². The van der Waals surface area contributed by atoms with Crippen LogP contribution < -0.4 is 0 Å². The Morgan fingerprint density at radius 1 is 1.67 bits per heavy atom. The molecule has 4 heteroatoms. The molecule has 0 amide bonds. The quantitative estimate of drug-likeness (QED) is 0.768. The van der Waals surface area contributed by atoms with Gasteiger partial charge in [0.15, 0.2) is 5.69 Å². The molecule has 66 valence electrons. The summed E-state index contributed by atoms with van der Waals surface area (Å²) in [5.74, 6) is -0.956. The average molecular weight is 188 g/mol. The summed E-state index contributed by atoms with van der Waals surface area (Å²) in [6.45, 7) is 1.91. The predicted octanol–water partition coefficient (Wildman–Crippen LogP) is 1.76. The minimum Gasteiger partial charge on any atom is -0.477 e. The van der Waals surface area contributed by atoms with Crippen molar-refractivity contribution >= 4 is 18.4 Å². The Morgan fingerprint density at radius 3 is 2.75 bits per heavy atom. The van der Waals surface area contributed by atoms with Crippen LogP contribution in [0.25, 0.3) is 0 Å². The number of carboxylic acids is 1. The molecule has 0 saturated heterocycles. The van der Waals surface area contributed by atoms with Crippen molar-refractivity contribution in [3.8, 4) is 0 Å². The van der Waals surface area contributed by atoms with E-state index in [0.717, 1.165) is 5.56 Å². The Balaban J connectivity index is 0.00000121. The lowest BCUT2D eigenvalue weighted by molar-refractivity contribution is 0.0689. The Hall–Kier alpha value is -1.09. The Morgan fingerprint density at radius 2 is 2.33 bits per heavy atom. The standard InChI is InChI=1S/C8H9NO2.ClH/c1-2-6-4-3-5-9-7(6)8(10)11;/h3-5H,2H2,1H3,(H,10,11);1H. The number of carbonyl (C=O) groups is 1. The third kappa shape index (κ3) is 2.20. The van der Waals surface area contributed by atoms with Crippen LogP contribution in [0.15, 0.2) is 18.3 Å². The maximum absolute atomic E-state index is 10.5. The number of halogens is 1. The molecule has 1 rings (SSSR count). The summed E-state index contributed by atoms with van der Waals surface area (Å²) in [4.78, 5) is 14.3. The van der Waals surface area contributed by atoms with Gasteiger partial charge in [0.05, 0.1) is 0 Å². The number of rotatable bonds is 2. The largest absolute Gasteiger partial charge is 0.477 e. The minimum atomic E-state index is -0.956. The molecule has 0 aliphatic heterocycles. The first-order chi connectivity index (χ1) is 5.25. The van der Waals surface area contributed by atoms with Gasteiger partial charge in [-0.15, -0.1) is 12.4 Å². The van der Waals surface area contributed by atoms with E-state index in [9.17, 15) is 4.79 Å². The van der Waals surface area contributed by atoms with Gasteiger partial charge in [0.1, 0.15) is 0 Å². The Kier molecular flexibility index (Phi) is 4.29. The zero-order valence-corrected chi connectivity index (χ0v) is 7.47. The number of pyridine rings is 1. The third-order valence-electron chi connectivity index (χ3n) is 1.47. The molecule has 1 heterocycles. The fraction of sp³-hybridized carbons (Fsp3) is 0.250. The molecule has 0 unspecified atom stereocenters. The Bertz CT molecular complexity index is 276.